The van der Waals surface area contributed by atoms with Gasteiger partial charge < -0.3 is 28.8 Å². The van der Waals surface area contributed by atoms with E-state index in [0.29, 0.717) is 18.0 Å². The molecule has 1 saturated heterocycles. The van der Waals surface area contributed by atoms with Crippen LogP contribution in [-0.4, -0.2) is 70.3 Å². The molecule has 2 aromatic rings. The van der Waals surface area contributed by atoms with Crippen LogP contribution in [0.25, 0.3) is 0 Å². The van der Waals surface area contributed by atoms with Crippen LogP contribution in [0.15, 0.2) is 27.6 Å². The molecule has 0 atom stereocenters. The first-order chi connectivity index (χ1) is 15.0. The van der Waals surface area contributed by atoms with Gasteiger partial charge in [-0.25, -0.2) is 0 Å². The third-order valence-electron chi connectivity index (χ3n) is 5.64. The van der Waals surface area contributed by atoms with Crippen LogP contribution in [0.1, 0.15) is 22.6 Å². The van der Waals surface area contributed by atoms with Crippen LogP contribution in [0.2, 0.25) is 0 Å². The summed E-state index contributed by atoms with van der Waals surface area (Å²) in [6, 6.07) is 6.05. The first kappa shape index (κ1) is 22.8. The van der Waals surface area contributed by atoms with Gasteiger partial charge in [-0.05, 0) is 26.0 Å². The highest BCUT2D eigenvalue weighted by atomic mass is 16.5. The Kier molecular flexibility index (Phi) is 7.68. The van der Waals surface area contributed by atoms with E-state index in [1.807, 2.05) is 33.0 Å². The molecule has 0 spiro atoms. The number of methoxy groups -OCH3 is 3. The maximum Gasteiger partial charge on any atom is 0.203 e. The quantitative estimate of drug-likeness (QED) is 0.535. The van der Waals surface area contributed by atoms with Gasteiger partial charge in [0.05, 0.1) is 21.3 Å². The SMILES string of the molecule is CN=C(NCc1cc(C)oc1C)N1CCN(Cc2ccc(OC)c(OC)c2OC)CC1. The second-order valence-corrected chi connectivity index (χ2v) is 7.60. The number of aryl methyl sites for hydroxylation is 2. The first-order valence-corrected chi connectivity index (χ1v) is 10.5. The van der Waals surface area contributed by atoms with Gasteiger partial charge in [0.15, 0.2) is 17.5 Å². The van der Waals surface area contributed by atoms with Crippen LogP contribution in [0.3, 0.4) is 0 Å². The van der Waals surface area contributed by atoms with Crippen molar-refractivity contribution in [3.63, 3.8) is 0 Å². The predicted octanol–water partition coefficient (Wildman–Crippen LogP) is 2.82. The lowest BCUT2D eigenvalue weighted by Gasteiger charge is -2.36. The number of nitrogens with one attached hydrogen (secondary N) is 1. The Balaban J connectivity index is 1.58. The van der Waals surface area contributed by atoms with Crippen molar-refractivity contribution in [1.29, 1.82) is 0 Å². The van der Waals surface area contributed by atoms with Crippen molar-refractivity contribution < 1.29 is 18.6 Å². The van der Waals surface area contributed by atoms with E-state index in [1.165, 1.54) is 0 Å². The van der Waals surface area contributed by atoms with Crippen molar-refractivity contribution in [2.75, 3.05) is 54.6 Å². The second-order valence-electron chi connectivity index (χ2n) is 7.60. The van der Waals surface area contributed by atoms with Gasteiger partial charge in [0.25, 0.3) is 0 Å². The highest BCUT2D eigenvalue weighted by molar-refractivity contribution is 5.80. The molecule has 170 valence electrons. The molecule has 1 aliphatic rings. The van der Waals surface area contributed by atoms with Crippen molar-refractivity contribution >= 4 is 5.96 Å². The molecular formula is C23H34N4O4. The van der Waals surface area contributed by atoms with E-state index in [1.54, 1.807) is 21.3 Å². The van der Waals surface area contributed by atoms with Crippen LogP contribution in [0.4, 0.5) is 0 Å². The lowest BCUT2D eigenvalue weighted by Crippen LogP contribution is -2.52. The third-order valence-corrected chi connectivity index (χ3v) is 5.64. The normalized spacial score (nSPS) is 15.2. The highest BCUT2D eigenvalue weighted by Gasteiger charge is 2.23. The fraction of sp³-hybridized carbons (Fsp3) is 0.522. The van der Waals surface area contributed by atoms with Gasteiger partial charge >= 0.3 is 0 Å². The van der Waals surface area contributed by atoms with Gasteiger partial charge in [-0.3, -0.25) is 9.89 Å². The minimum Gasteiger partial charge on any atom is -0.493 e. The summed E-state index contributed by atoms with van der Waals surface area (Å²) >= 11 is 0. The maximum atomic E-state index is 5.63. The number of piperazine rings is 1. The predicted molar refractivity (Wildman–Crippen MR) is 121 cm³/mol. The van der Waals surface area contributed by atoms with Crippen molar-refractivity contribution in [3.8, 4) is 17.2 Å². The van der Waals surface area contributed by atoms with E-state index >= 15 is 0 Å². The van der Waals surface area contributed by atoms with Gasteiger partial charge in [-0.15, -0.1) is 0 Å². The number of benzene rings is 1. The summed E-state index contributed by atoms with van der Waals surface area (Å²) in [6.45, 7) is 9.13. The van der Waals surface area contributed by atoms with Gasteiger partial charge in [0.1, 0.15) is 11.5 Å². The Labute approximate surface area is 184 Å². The van der Waals surface area contributed by atoms with E-state index in [-0.39, 0.29) is 0 Å². The molecule has 1 aromatic carbocycles. The monoisotopic (exact) mass is 430 g/mol. The molecule has 2 heterocycles. The second kappa shape index (κ2) is 10.4. The van der Waals surface area contributed by atoms with Crippen LogP contribution in [-0.2, 0) is 13.1 Å². The van der Waals surface area contributed by atoms with Crippen molar-refractivity contribution in [1.82, 2.24) is 15.1 Å². The number of furan rings is 1. The zero-order chi connectivity index (χ0) is 22.4. The van der Waals surface area contributed by atoms with Gasteiger partial charge in [0, 0.05) is 57.4 Å². The molecule has 0 bridgehead atoms. The molecule has 0 saturated carbocycles. The minimum atomic E-state index is 0.635. The maximum absolute atomic E-state index is 5.63. The van der Waals surface area contributed by atoms with E-state index in [9.17, 15) is 0 Å². The third kappa shape index (κ3) is 5.25. The molecular weight excluding hydrogens is 396 g/mol. The van der Waals surface area contributed by atoms with E-state index in [2.05, 4.69) is 26.2 Å². The fourth-order valence-corrected chi connectivity index (χ4v) is 4.01. The van der Waals surface area contributed by atoms with Crippen LogP contribution < -0.4 is 19.5 Å². The van der Waals surface area contributed by atoms with Crippen LogP contribution in [0, 0.1) is 13.8 Å². The van der Waals surface area contributed by atoms with Crippen LogP contribution >= 0.6 is 0 Å². The molecule has 1 aromatic heterocycles. The topological polar surface area (TPSA) is 71.7 Å². The summed E-state index contributed by atoms with van der Waals surface area (Å²) in [6.07, 6.45) is 0. The number of guanidine groups is 1. The standard InChI is InChI=1S/C23H34N4O4/c1-16-13-19(17(2)31-16)14-25-23(24-3)27-11-9-26(10-12-27)15-18-7-8-20(28-4)22(30-6)21(18)29-5/h7-8,13H,9-12,14-15H2,1-6H3,(H,24,25). The Morgan fingerprint density at radius 3 is 2.26 bits per heavy atom. The van der Waals surface area contributed by atoms with Crippen LogP contribution in [0.5, 0.6) is 17.2 Å². The Hall–Kier alpha value is -2.87. The Morgan fingerprint density at radius 2 is 1.71 bits per heavy atom. The molecule has 1 N–H and O–H groups in total. The highest BCUT2D eigenvalue weighted by Crippen LogP contribution is 2.40. The molecule has 0 aliphatic carbocycles. The molecule has 3 rings (SSSR count). The summed E-state index contributed by atoms with van der Waals surface area (Å²) in [5, 5.41) is 3.47. The summed E-state index contributed by atoms with van der Waals surface area (Å²) in [4.78, 5) is 9.18. The fourth-order valence-electron chi connectivity index (χ4n) is 4.01. The molecule has 8 nitrogen and oxygen atoms in total. The van der Waals surface area contributed by atoms with Crippen molar-refractivity contribution in [3.05, 3.63) is 40.8 Å². The number of aliphatic imine (C=N–C) groups is 1. The number of ether oxygens (including phenoxy) is 3. The summed E-state index contributed by atoms with van der Waals surface area (Å²) in [7, 11) is 6.76. The Bertz CT molecular complexity index is 901. The van der Waals surface area contributed by atoms with Gasteiger partial charge in [0.2, 0.25) is 5.75 Å². The number of hydrogen-bond acceptors (Lipinski definition) is 6. The molecule has 0 radical (unpaired) electrons. The molecule has 31 heavy (non-hydrogen) atoms. The summed E-state index contributed by atoms with van der Waals surface area (Å²) in [5.74, 6) is 4.84. The number of hydrogen-bond donors (Lipinski definition) is 1. The zero-order valence-corrected chi connectivity index (χ0v) is 19.4. The Morgan fingerprint density at radius 1 is 1.00 bits per heavy atom. The van der Waals surface area contributed by atoms with E-state index < -0.39 is 0 Å². The molecule has 1 fully saturated rings. The molecule has 1 aliphatic heterocycles. The average molecular weight is 431 g/mol. The lowest BCUT2D eigenvalue weighted by atomic mass is 10.1. The first-order valence-electron chi connectivity index (χ1n) is 10.5. The van der Waals surface area contributed by atoms with E-state index in [0.717, 1.165) is 67.1 Å². The van der Waals surface area contributed by atoms with Gasteiger partial charge in [-0.1, -0.05) is 6.07 Å². The van der Waals surface area contributed by atoms with E-state index in [4.69, 9.17) is 18.6 Å². The zero-order valence-electron chi connectivity index (χ0n) is 19.4. The smallest absolute Gasteiger partial charge is 0.203 e. The summed E-state index contributed by atoms with van der Waals surface area (Å²) < 4.78 is 22.2. The minimum absolute atomic E-state index is 0.635. The van der Waals surface area contributed by atoms with Gasteiger partial charge in [-0.2, -0.15) is 0 Å². The van der Waals surface area contributed by atoms with Crippen molar-refractivity contribution in [2.24, 2.45) is 4.99 Å². The molecule has 0 unspecified atom stereocenters. The number of rotatable bonds is 7. The number of nitrogens with zero attached hydrogens (tertiary/aromatic N) is 3. The largest absolute Gasteiger partial charge is 0.493 e. The summed E-state index contributed by atoms with van der Waals surface area (Å²) in [5.41, 5.74) is 2.25. The molecule has 8 heteroatoms. The lowest BCUT2D eigenvalue weighted by molar-refractivity contribution is 0.170. The van der Waals surface area contributed by atoms with Crippen molar-refractivity contribution in [2.45, 2.75) is 26.9 Å². The molecule has 0 amide bonds. The average Bonchev–Trinajstić information content (AvgIpc) is 3.11.